The molecule has 0 spiro atoms. The average Bonchev–Trinajstić information content (AvgIpc) is 3.46. The number of nitrogens with zero attached hydrogens (tertiary/aromatic N) is 3. The molecule has 1 atom stereocenters. The van der Waals surface area contributed by atoms with Gasteiger partial charge in [-0.15, -0.1) is 0 Å². The Balaban J connectivity index is 1.50. The summed E-state index contributed by atoms with van der Waals surface area (Å²) in [7, 11) is 0. The van der Waals surface area contributed by atoms with Crippen molar-refractivity contribution >= 4 is 40.5 Å². The molecule has 0 bridgehead atoms. The molecule has 0 aromatic heterocycles. The Bertz CT molecular complexity index is 1010. The SMILES string of the molecule is CC(=O)C1CC(C(=O)Nc2ccccc2NC(=O)N2CCCC2)=NN1c1ccccc1. The van der Waals surface area contributed by atoms with Gasteiger partial charge in [-0.2, -0.15) is 5.10 Å². The molecule has 2 N–H and O–H groups in total. The van der Waals surface area contributed by atoms with E-state index in [-0.39, 0.29) is 23.9 Å². The molecule has 1 fully saturated rings. The third-order valence-corrected chi connectivity index (χ3v) is 5.47. The number of carbonyl (C=O) groups is 3. The lowest BCUT2D eigenvalue weighted by Crippen LogP contribution is -2.33. The van der Waals surface area contributed by atoms with Crippen molar-refractivity contribution < 1.29 is 14.4 Å². The van der Waals surface area contributed by atoms with E-state index in [1.165, 1.54) is 6.92 Å². The van der Waals surface area contributed by atoms with Crippen LogP contribution in [0.5, 0.6) is 0 Å². The number of hydrazone groups is 1. The lowest BCUT2D eigenvalue weighted by Gasteiger charge is -2.20. The molecule has 2 heterocycles. The second-order valence-electron chi connectivity index (χ2n) is 7.68. The van der Waals surface area contributed by atoms with Gasteiger partial charge in [0.15, 0.2) is 5.78 Å². The molecule has 31 heavy (non-hydrogen) atoms. The second kappa shape index (κ2) is 8.99. The van der Waals surface area contributed by atoms with E-state index in [1.807, 2.05) is 30.3 Å². The van der Waals surface area contributed by atoms with Crippen molar-refractivity contribution in [2.75, 3.05) is 28.7 Å². The number of likely N-dealkylation sites (tertiary alicyclic amines) is 1. The third-order valence-electron chi connectivity index (χ3n) is 5.47. The van der Waals surface area contributed by atoms with Crippen molar-refractivity contribution in [2.24, 2.45) is 5.10 Å². The van der Waals surface area contributed by atoms with E-state index in [9.17, 15) is 14.4 Å². The van der Waals surface area contributed by atoms with Gasteiger partial charge < -0.3 is 15.5 Å². The predicted octanol–water partition coefficient (Wildman–Crippen LogP) is 3.48. The number of Topliss-reactive ketones (excluding diaryl/α,β-unsaturated/α-hetero) is 1. The number of nitrogens with one attached hydrogen (secondary N) is 2. The summed E-state index contributed by atoms with van der Waals surface area (Å²) < 4.78 is 0. The number of benzene rings is 2. The summed E-state index contributed by atoms with van der Waals surface area (Å²) in [5.41, 5.74) is 2.03. The van der Waals surface area contributed by atoms with Crippen LogP contribution in [0.3, 0.4) is 0 Å². The number of rotatable bonds is 5. The first-order valence-corrected chi connectivity index (χ1v) is 10.4. The van der Waals surface area contributed by atoms with Crippen LogP contribution in [0.2, 0.25) is 0 Å². The van der Waals surface area contributed by atoms with E-state index in [1.54, 1.807) is 34.2 Å². The Morgan fingerprint density at radius 2 is 1.52 bits per heavy atom. The first-order chi connectivity index (χ1) is 15.0. The van der Waals surface area contributed by atoms with Crippen LogP contribution in [-0.2, 0) is 9.59 Å². The Hall–Kier alpha value is -3.68. The van der Waals surface area contributed by atoms with E-state index in [0.717, 1.165) is 31.6 Å². The van der Waals surface area contributed by atoms with Gasteiger partial charge >= 0.3 is 6.03 Å². The highest BCUT2D eigenvalue weighted by atomic mass is 16.2. The fourth-order valence-corrected chi connectivity index (χ4v) is 3.79. The molecule has 1 unspecified atom stereocenters. The zero-order valence-electron chi connectivity index (χ0n) is 17.4. The Morgan fingerprint density at radius 1 is 0.903 bits per heavy atom. The fraction of sp³-hybridized carbons (Fsp3) is 0.304. The Kier molecular flexibility index (Phi) is 5.97. The average molecular weight is 419 g/mol. The van der Waals surface area contributed by atoms with Gasteiger partial charge in [0.25, 0.3) is 5.91 Å². The zero-order chi connectivity index (χ0) is 21.8. The topological polar surface area (TPSA) is 94.1 Å². The molecular weight excluding hydrogens is 394 g/mol. The quantitative estimate of drug-likeness (QED) is 0.776. The summed E-state index contributed by atoms with van der Waals surface area (Å²) in [5, 5.41) is 11.7. The van der Waals surface area contributed by atoms with Crippen LogP contribution in [0.4, 0.5) is 21.9 Å². The predicted molar refractivity (Wildman–Crippen MR) is 120 cm³/mol. The van der Waals surface area contributed by atoms with Crippen molar-refractivity contribution in [2.45, 2.75) is 32.2 Å². The summed E-state index contributed by atoms with van der Waals surface area (Å²) in [6, 6.07) is 15.7. The van der Waals surface area contributed by atoms with Gasteiger partial charge in [0.05, 0.1) is 17.1 Å². The lowest BCUT2D eigenvalue weighted by molar-refractivity contribution is -0.118. The van der Waals surface area contributed by atoms with Crippen molar-refractivity contribution in [1.82, 2.24) is 4.90 Å². The molecule has 2 aromatic rings. The number of urea groups is 1. The number of amides is 3. The van der Waals surface area contributed by atoms with E-state index < -0.39 is 11.9 Å². The lowest BCUT2D eigenvalue weighted by atomic mass is 10.1. The summed E-state index contributed by atoms with van der Waals surface area (Å²) in [6.45, 7) is 2.97. The normalized spacial score (nSPS) is 18.0. The molecule has 2 aromatic carbocycles. The molecule has 0 aliphatic carbocycles. The highest BCUT2D eigenvalue weighted by Gasteiger charge is 2.34. The van der Waals surface area contributed by atoms with Crippen molar-refractivity contribution in [1.29, 1.82) is 0 Å². The van der Waals surface area contributed by atoms with E-state index >= 15 is 0 Å². The largest absolute Gasteiger partial charge is 0.325 e. The molecule has 8 nitrogen and oxygen atoms in total. The summed E-state index contributed by atoms with van der Waals surface area (Å²) in [4.78, 5) is 39.3. The minimum atomic E-state index is -0.520. The summed E-state index contributed by atoms with van der Waals surface area (Å²) in [5.74, 6) is -0.457. The molecule has 160 valence electrons. The smallest absolute Gasteiger partial charge is 0.321 e. The van der Waals surface area contributed by atoms with Gasteiger partial charge in [0.1, 0.15) is 11.8 Å². The van der Waals surface area contributed by atoms with Gasteiger partial charge in [-0.1, -0.05) is 30.3 Å². The molecule has 8 heteroatoms. The van der Waals surface area contributed by atoms with Crippen LogP contribution in [0.1, 0.15) is 26.2 Å². The van der Waals surface area contributed by atoms with Gasteiger partial charge in [0.2, 0.25) is 0 Å². The minimum absolute atomic E-state index is 0.0614. The van der Waals surface area contributed by atoms with Crippen LogP contribution in [0.25, 0.3) is 0 Å². The van der Waals surface area contributed by atoms with Crippen LogP contribution in [-0.4, -0.2) is 47.5 Å². The molecule has 4 rings (SSSR count). The highest BCUT2D eigenvalue weighted by molar-refractivity contribution is 6.44. The number of para-hydroxylation sites is 3. The Labute approximate surface area is 180 Å². The van der Waals surface area contributed by atoms with E-state index in [0.29, 0.717) is 11.4 Å². The maximum absolute atomic E-state index is 13.0. The van der Waals surface area contributed by atoms with Crippen LogP contribution >= 0.6 is 0 Å². The first-order valence-electron chi connectivity index (χ1n) is 10.4. The third kappa shape index (κ3) is 4.58. The summed E-state index contributed by atoms with van der Waals surface area (Å²) in [6.07, 6.45) is 2.22. The molecule has 0 saturated carbocycles. The number of hydrogen-bond donors (Lipinski definition) is 2. The molecule has 3 amide bonds. The fourth-order valence-electron chi connectivity index (χ4n) is 3.79. The number of ketones is 1. The standard InChI is InChI=1S/C23H25N5O3/c1-16(29)21-15-20(26-28(21)17-9-3-2-4-10-17)22(30)24-18-11-5-6-12-19(18)25-23(31)27-13-7-8-14-27/h2-6,9-12,21H,7-8,13-15H2,1H3,(H,24,30)(H,25,31). The second-order valence-corrected chi connectivity index (χ2v) is 7.68. The minimum Gasteiger partial charge on any atom is -0.325 e. The molecule has 2 aliphatic heterocycles. The highest BCUT2D eigenvalue weighted by Crippen LogP contribution is 2.27. The van der Waals surface area contributed by atoms with Gasteiger partial charge in [-0.05, 0) is 44.0 Å². The van der Waals surface area contributed by atoms with Crippen LogP contribution in [0.15, 0.2) is 59.7 Å². The van der Waals surface area contributed by atoms with Gasteiger partial charge in [-0.25, -0.2) is 4.79 Å². The van der Waals surface area contributed by atoms with Crippen molar-refractivity contribution in [3.8, 4) is 0 Å². The Morgan fingerprint density at radius 3 is 2.16 bits per heavy atom. The molecule has 2 aliphatic rings. The van der Waals surface area contributed by atoms with E-state index in [2.05, 4.69) is 15.7 Å². The van der Waals surface area contributed by atoms with Crippen molar-refractivity contribution in [3.63, 3.8) is 0 Å². The first kappa shape index (κ1) is 20.6. The van der Waals surface area contributed by atoms with E-state index in [4.69, 9.17) is 0 Å². The van der Waals surface area contributed by atoms with Crippen LogP contribution in [0, 0.1) is 0 Å². The van der Waals surface area contributed by atoms with Crippen molar-refractivity contribution in [3.05, 3.63) is 54.6 Å². The number of anilines is 3. The number of carbonyl (C=O) groups excluding carboxylic acids is 3. The maximum Gasteiger partial charge on any atom is 0.321 e. The van der Waals surface area contributed by atoms with Gasteiger partial charge in [0, 0.05) is 19.5 Å². The van der Waals surface area contributed by atoms with Crippen LogP contribution < -0.4 is 15.6 Å². The molecular formula is C23H25N5O3. The maximum atomic E-state index is 13.0. The molecule has 0 radical (unpaired) electrons. The monoisotopic (exact) mass is 419 g/mol. The zero-order valence-corrected chi connectivity index (χ0v) is 17.4. The summed E-state index contributed by atoms with van der Waals surface area (Å²) >= 11 is 0. The molecule has 1 saturated heterocycles. The van der Waals surface area contributed by atoms with Gasteiger partial charge in [-0.3, -0.25) is 14.6 Å². The number of hydrogen-bond acceptors (Lipinski definition) is 5.